The third-order valence-corrected chi connectivity index (χ3v) is 4.06. The van der Waals surface area contributed by atoms with Crippen LogP contribution in [0.4, 0.5) is 9.90 Å². The molecule has 2 aromatic heterocycles. The number of amides is 1. The zero-order chi connectivity index (χ0) is 15.7. The van der Waals surface area contributed by atoms with E-state index in [1.54, 1.807) is 18.3 Å². The van der Waals surface area contributed by atoms with Crippen LogP contribution in [0.5, 0.6) is 0 Å². The molecule has 0 spiro atoms. The van der Waals surface area contributed by atoms with Crippen LogP contribution in [0, 0.1) is 5.92 Å². The highest BCUT2D eigenvalue weighted by atomic mass is 32.3. The Kier molecular flexibility index (Phi) is 3.61. The molecule has 1 amide bonds. The molecule has 10 heteroatoms. The van der Waals surface area contributed by atoms with Crippen LogP contribution in [-0.4, -0.2) is 41.8 Å². The molecule has 3 heterocycles. The number of carbonyl (C=O) groups is 1. The van der Waals surface area contributed by atoms with Gasteiger partial charge < -0.3 is 4.42 Å². The van der Waals surface area contributed by atoms with E-state index in [4.69, 9.17) is 4.42 Å². The maximum atomic E-state index is 12.7. The molecule has 1 atom stereocenters. The van der Waals surface area contributed by atoms with Crippen molar-refractivity contribution in [2.24, 2.45) is 5.92 Å². The van der Waals surface area contributed by atoms with E-state index in [0.717, 1.165) is 0 Å². The summed E-state index contributed by atoms with van der Waals surface area (Å²) in [7, 11) is -4.63. The van der Waals surface area contributed by atoms with Crippen molar-refractivity contribution < 1.29 is 21.5 Å². The smallest absolute Gasteiger partial charge is 0.325 e. The van der Waals surface area contributed by atoms with Crippen LogP contribution >= 0.6 is 0 Å². The summed E-state index contributed by atoms with van der Waals surface area (Å²) in [6.45, 7) is 0.0245. The first-order valence-corrected chi connectivity index (χ1v) is 7.94. The molecule has 0 aromatic carbocycles. The Balaban J connectivity index is 1.78. The summed E-state index contributed by atoms with van der Waals surface area (Å²) in [5, 5.41) is 7.60. The van der Waals surface area contributed by atoms with Crippen molar-refractivity contribution in [1.29, 1.82) is 0 Å². The highest BCUT2D eigenvalue weighted by molar-refractivity contribution is 7.86. The monoisotopic (exact) mass is 326 g/mol. The van der Waals surface area contributed by atoms with Crippen molar-refractivity contribution in [2.45, 2.75) is 6.42 Å². The van der Waals surface area contributed by atoms with Gasteiger partial charge in [0.1, 0.15) is 0 Å². The van der Waals surface area contributed by atoms with Gasteiger partial charge in [0.15, 0.2) is 0 Å². The lowest BCUT2D eigenvalue weighted by atomic mass is 10.1. The van der Waals surface area contributed by atoms with Crippen molar-refractivity contribution in [3.8, 4) is 11.5 Å². The van der Waals surface area contributed by atoms with Gasteiger partial charge in [-0.25, -0.2) is 0 Å². The molecule has 1 aliphatic rings. The number of pyridine rings is 1. The third-order valence-electron chi connectivity index (χ3n) is 3.19. The predicted molar refractivity (Wildman–Crippen MR) is 72.9 cm³/mol. The van der Waals surface area contributed by atoms with Crippen LogP contribution in [0.3, 0.4) is 0 Å². The van der Waals surface area contributed by atoms with Crippen LogP contribution in [0.1, 0.15) is 6.42 Å². The molecule has 1 unspecified atom stereocenters. The molecular formula is C12H11FN4O4S. The zero-order valence-corrected chi connectivity index (χ0v) is 12.0. The van der Waals surface area contributed by atoms with Gasteiger partial charge in [-0.2, -0.15) is 8.42 Å². The number of hydrogen-bond acceptors (Lipinski definition) is 7. The number of rotatable bonds is 4. The lowest BCUT2D eigenvalue weighted by Gasteiger charge is -2.09. The lowest BCUT2D eigenvalue weighted by Crippen LogP contribution is -2.25. The molecule has 1 fully saturated rings. The van der Waals surface area contributed by atoms with E-state index in [1.165, 1.54) is 11.1 Å². The number of nitrogens with zero attached hydrogens (tertiary/aromatic N) is 4. The van der Waals surface area contributed by atoms with E-state index >= 15 is 0 Å². The van der Waals surface area contributed by atoms with Crippen LogP contribution < -0.4 is 4.90 Å². The van der Waals surface area contributed by atoms with Gasteiger partial charge in [-0.1, -0.05) is 5.10 Å². The SMILES string of the molecule is O=C1CC(CS(=O)(=O)F)CN1c1nnc(-c2cccnc2)o1. The standard InChI is InChI=1S/C12H11FN4O4S/c13-22(19,20)7-8-4-10(18)17(6-8)12-16-15-11(21-12)9-2-1-3-14-5-9/h1-3,5,8H,4,6-7H2. The van der Waals surface area contributed by atoms with Crippen molar-refractivity contribution in [3.63, 3.8) is 0 Å². The van der Waals surface area contributed by atoms with E-state index in [1.807, 2.05) is 0 Å². The molecule has 2 aromatic rings. The van der Waals surface area contributed by atoms with Gasteiger partial charge in [-0.15, -0.1) is 8.98 Å². The van der Waals surface area contributed by atoms with Crippen molar-refractivity contribution in [3.05, 3.63) is 24.5 Å². The Labute approximate surface area is 125 Å². The molecule has 3 rings (SSSR count). The maximum Gasteiger partial charge on any atom is 0.325 e. The minimum atomic E-state index is -4.63. The molecule has 0 bridgehead atoms. The van der Waals surface area contributed by atoms with Crippen LogP contribution in [0.25, 0.3) is 11.5 Å². The van der Waals surface area contributed by atoms with E-state index < -0.39 is 21.9 Å². The van der Waals surface area contributed by atoms with Crippen molar-refractivity contribution in [1.82, 2.24) is 15.2 Å². The summed E-state index contributed by atoms with van der Waals surface area (Å²) in [6, 6.07) is 3.37. The van der Waals surface area contributed by atoms with E-state index in [0.29, 0.717) is 5.56 Å². The molecule has 0 aliphatic carbocycles. The van der Waals surface area contributed by atoms with Gasteiger partial charge in [0.25, 0.3) is 5.89 Å². The Morgan fingerprint density at radius 2 is 2.23 bits per heavy atom. The zero-order valence-electron chi connectivity index (χ0n) is 11.2. The first-order valence-electron chi connectivity index (χ1n) is 6.39. The first-order chi connectivity index (χ1) is 10.4. The highest BCUT2D eigenvalue weighted by Gasteiger charge is 2.36. The molecule has 1 aliphatic heterocycles. The van der Waals surface area contributed by atoms with Gasteiger partial charge in [0.2, 0.25) is 5.91 Å². The number of anilines is 1. The molecule has 8 nitrogen and oxygen atoms in total. The number of hydrogen-bond donors (Lipinski definition) is 0. The largest absolute Gasteiger partial charge is 0.403 e. The Morgan fingerprint density at radius 3 is 2.91 bits per heavy atom. The normalized spacial score (nSPS) is 18.9. The first kappa shape index (κ1) is 14.6. The highest BCUT2D eigenvalue weighted by Crippen LogP contribution is 2.27. The fourth-order valence-corrected chi connectivity index (χ4v) is 3.08. The minimum absolute atomic E-state index is 0.0245. The topological polar surface area (TPSA) is 106 Å². The maximum absolute atomic E-state index is 12.7. The number of carbonyl (C=O) groups excluding carboxylic acids is 1. The van der Waals surface area contributed by atoms with Crippen LogP contribution in [0.15, 0.2) is 28.9 Å². The Morgan fingerprint density at radius 1 is 1.41 bits per heavy atom. The second-order valence-corrected chi connectivity index (χ2v) is 6.32. The molecule has 116 valence electrons. The quantitative estimate of drug-likeness (QED) is 0.764. The fourth-order valence-electron chi connectivity index (χ4n) is 2.29. The molecule has 1 saturated heterocycles. The fraction of sp³-hybridized carbons (Fsp3) is 0.333. The summed E-state index contributed by atoms with van der Waals surface area (Å²) >= 11 is 0. The third kappa shape index (κ3) is 3.11. The van der Waals surface area contributed by atoms with Crippen LogP contribution in [-0.2, 0) is 15.0 Å². The molecule has 0 N–H and O–H groups in total. The van der Waals surface area contributed by atoms with Gasteiger partial charge >= 0.3 is 16.2 Å². The summed E-state index contributed by atoms with van der Waals surface area (Å²) in [6.07, 6.45) is 3.04. The Hall–Kier alpha value is -2.36. The summed E-state index contributed by atoms with van der Waals surface area (Å²) in [4.78, 5) is 17.0. The molecule has 22 heavy (non-hydrogen) atoms. The van der Waals surface area contributed by atoms with E-state index in [2.05, 4.69) is 15.2 Å². The number of aromatic nitrogens is 3. The predicted octanol–water partition coefficient (Wildman–Crippen LogP) is 0.784. The molecular weight excluding hydrogens is 315 g/mol. The van der Waals surface area contributed by atoms with Crippen molar-refractivity contribution >= 4 is 22.1 Å². The minimum Gasteiger partial charge on any atom is -0.403 e. The number of halogens is 1. The summed E-state index contributed by atoms with van der Waals surface area (Å²) in [5.74, 6) is -1.51. The van der Waals surface area contributed by atoms with Crippen molar-refractivity contribution in [2.75, 3.05) is 17.2 Å². The van der Waals surface area contributed by atoms with Gasteiger partial charge in [-0.05, 0) is 12.1 Å². The van der Waals surface area contributed by atoms with Gasteiger partial charge in [0.05, 0.1) is 11.3 Å². The average Bonchev–Trinajstić information content (AvgIpc) is 3.05. The molecule has 0 saturated carbocycles. The average molecular weight is 326 g/mol. The summed E-state index contributed by atoms with van der Waals surface area (Å²) < 4.78 is 39.5. The van der Waals surface area contributed by atoms with Gasteiger partial charge in [0, 0.05) is 31.3 Å². The Bertz CT molecular complexity index is 792. The summed E-state index contributed by atoms with van der Waals surface area (Å²) in [5.41, 5.74) is 0.593. The van der Waals surface area contributed by atoms with Gasteiger partial charge in [-0.3, -0.25) is 14.7 Å². The lowest BCUT2D eigenvalue weighted by molar-refractivity contribution is -0.117. The second kappa shape index (κ2) is 5.44. The molecule has 0 radical (unpaired) electrons. The van der Waals surface area contributed by atoms with E-state index in [-0.39, 0.29) is 30.8 Å². The van der Waals surface area contributed by atoms with Crippen LogP contribution in [0.2, 0.25) is 0 Å². The second-order valence-electron chi connectivity index (χ2n) is 4.91. The van der Waals surface area contributed by atoms with E-state index in [9.17, 15) is 17.1 Å².